The lowest BCUT2D eigenvalue weighted by atomic mass is 10.3. The summed E-state index contributed by atoms with van der Waals surface area (Å²) in [6.45, 7) is 5.01. The molecule has 1 heterocycles. The number of aryl methyl sites for hydroxylation is 2. The van der Waals surface area contributed by atoms with Gasteiger partial charge in [0.25, 0.3) is 0 Å². The summed E-state index contributed by atoms with van der Waals surface area (Å²) in [6, 6.07) is 9.95. The molecule has 2 N–H and O–H groups in total. The minimum Gasteiger partial charge on any atom is -0.362 e. The van der Waals surface area contributed by atoms with Gasteiger partial charge in [0.2, 0.25) is 6.33 Å². The molecule has 0 saturated heterocycles. The van der Waals surface area contributed by atoms with Gasteiger partial charge in [0.1, 0.15) is 12.4 Å². The number of aromatic nitrogens is 2. The zero-order chi connectivity index (χ0) is 14.2. The number of nitrogens with one attached hydrogen (secondary N) is 2. The first kappa shape index (κ1) is 14.5. The third kappa shape index (κ3) is 4.66. The summed E-state index contributed by atoms with van der Waals surface area (Å²) in [5.41, 5.74) is 1.01. The van der Waals surface area contributed by atoms with Crippen molar-refractivity contribution in [1.82, 2.24) is 9.88 Å². The van der Waals surface area contributed by atoms with E-state index < -0.39 is 0 Å². The summed E-state index contributed by atoms with van der Waals surface area (Å²) >= 11 is 5.26. The van der Waals surface area contributed by atoms with Crippen LogP contribution in [-0.4, -0.2) is 16.2 Å². The Balaban J connectivity index is 1.64. The lowest BCUT2D eigenvalue weighted by Crippen LogP contribution is -2.35. The highest BCUT2D eigenvalue weighted by Crippen LogP contribution is 2.04. The predicted molar refractivity (Wildman–Crippen MR) is 85.6 cm³/mol. The third-order valence-corrected chi connectivity index (χ3v) is 3.27. The van der Waals surface area contributed by atoms with Gasteiger partial charge in [0, 0.05) is 18.7 Å². The number of rotatable bonds is 6. The van der Waals surface area contributed by atoms with Crippen LogP contribution in [0.4, 0.5) is 5.69 Å². The van der Waals surface area contributed by atoms with Crippen LogP contribution in [-0.2, 0) is 13.1 Å². The van der Waals surface area contributed by atoms with Crippen LogP contribution >= 0.6 is 12.2 Å². The van der Waals surface area contributed by atoms with Crippen molar-refractivity contribution in [1.29, 1.82) is 0 Å². The molecule has 5 heteroatoms. The molecule has 1 aromatic heterocycles. The molecule has 0 fully saturated rings. The number of para-hydroxylation sites is 1. The summed E-state index contributed by atoms with van der Waals surface area (Å²) in [5.74, 6) is 0. The maximum absolute atomic E-state index is 5.26. The van der Waals surface area contributed by atoms with Crippen molar-refractivity contribution in [3.63, 3.8) is 0 Å². The monoisotopic (exact) mass is 289 g/mol. The van der Waals surface area contributed by atoms with Gasteiger partial charge < -0.3 is 10.6 Å². The molecule has 20 heavy (non-hydrogen) atoms. The number of anilines is 1. The molecule has 0 unspecified atom stereocenters. The Labute approximate surface area is 125 Å². The Morgan fingerprint density at radius 3 is 2.80 bits per heavy atom. The molecule has 0 atom stereocenters. The van der Waals surface area contributed by atoms with E-state index in [-0.39, 0.29) is 0 Å². The Morgan fingerprint density at radius 2 is 2.10 bits per heavy atom. The molecule has 2 rings (SSSR count). The molecule has 2 aromatic rings. The van der Waals surface area contributed by atoms with E-state index in [1.54, 1.807) is 0 Å². The van der Waals surface area contributed by atoms with Crippen molar-refractivity contribution >= 4 is 23.0 Å². The minimum absolute atomic E-state index is 0.673. The van der Waals surface area contributed by atoms with Gasteiger partial charge in [-0.05, 0) is 31.3 Å². The number of hydrogen-bond donors (Lipinski definition) is 2. The van der Waals surface area contributed by atoms with Gasteiger partial charge in [-0.25, -0.2) is 9.13 Å². The van der Waals surface area contributed by atoms with Crippen molar-refractivity contribution in [3.05, 3.63) is 49.1 Å². The van der Waals surface area contributed by atoms with E-state index in [1.165, 1.54) is 0 Å². The van der Waals surface area contributed by atoms with Crippen LogP contribution in [0.3, 0.4) is 0 Å². The number of hydrogen-bond acceptors (Lipinski definition) is 1. The van der Waals surface area contributed by atoms with Crippen LogP contribution in [0.15, 0.2) is 49.1 Å². The van der Waals surface area contributed by atoms with Gasteiger partial charge in [0.05, 0.1) is 13.1 Å². The lowest BCUT2D eigenvalue weighted by molar-refractivity contribution is -0.696. The molecular weight excluding hydrogens is 268 g/mol. The highest BCUT2D eigenvalue weighted by atomic mass is 32.1. The van der Waals surface area contributed by atoms with Crippen molar-refractivity contribution in [3.8, 4) is 0 Å². The summed E-state index contributed by atoms with van der Waals surface area (Å²) in [4.78, 5) is 0. The zero-order valence-corrected chi connectivity index (χ0v) is 12.6. The van der Waals surface area contributed by atoms with E-state index in [2.05, 4.69) is 45.4 Å². The number of nitrogens with zero attached hydrogens (tertiary/aromatic N) is 2. The van der Waals surface area contributed by atoms with Gasteiger partial charge in [0.15, 0.2) is 5.11 Å². The summed E-state index contributed by atoms with van der Waals surface area (Å²) in [5, 5.41) is 7.06. The second kappa shape index (κ2) is 7.65. The van der Waals surface area contributed by atoms with Gasteiger partial charge in [-0.1, -0.05) is 18.2 Å². The third-order valence-electron chi connectivity index (χ3n) is 3.02. The first-order valence-electron chi connectivity index (χ1n) is 6.92. The zero-order valence-electron chi connectivity index (χ0n) is 11.7. The van der Waals surface area contributed by atoms with E-state index in [4.69, 9.17) is 12.2 Å². The average molecular weight is 289 g/mol. The largest absolute Gasteiger partial charge is 0.362 e. The smallest absolute Gasteiger partial charge is 0.243 e. The molecule has 0 saturated carbocycles. The minimum atomic E-state index is 0.673. The normalized spacial score (nSPS) is 10.2. The van der Waals surface area contributed by atoms with Crippen molar-refractivity contribution in [2.75, 3.05) is 11.9 Å². The molecule has 0 spiro atoms. The first-order valence-corrected chi connectivity index (χ1v) is 7.33. The van der Waals surface area contributed by atoms with Crippen LogP contribution in [0.1, 0.15) is 13.3 Å². The SMILES string of the molecule is CCn1cc[n+](CCCNC(=S)Nc2ccccc2)c1. The highest BCUT2D eigenvalue weighted by Gasteiger charge is 2.01. The van der Waals surface area contributed by atoms with Gasteiger partial charge in [-0.3, -0.25) is 0 Å². The second-order valence-corrected chi connectivity index (χ2v) is 4.99. The van der Waals surface area contributed by atoms with Crippen molar-refractivity contribution in [2.24, 2.45) is 0 Å². The van der Waals surface area contributed by atoms with Crippen LogP contribution in [0, 0.1) is 0 Å². The second-order valence-electron chi connectivity index (χ2n) is 4.58. The van der Waals surface area contributed by atoms with E-state index in [9.17, 15) is 0 Å². The molecule has 4 nitrogen and oxygen atoms in total. The standard InChI is InChI=1S/C15H20N4S/c1-2-18-11-12-19(13-18)10-6-9-16-15(20)17-14-7-4-3-5-8-14/h3-5,7-8,11-13H,2,6,9-10H2,1H3,(H-,16,17,20)/p+1. The van der Waals surface area contributed by atoms with Gasteiger partial charge in [-0.15, -0.1) is 0 Å². The van der Waals surface area contributed by atoms with E-state index >= 15 is 0 Å². The topological polar surface area (TPSA) is 32.9 Å². The summed E-state index contributed by atoms with van der Waals surface area (Å²) < 4.78 is 4.36. The quantitative estimate of drug-likeness (QED) is 0.486. The van der Waals surface area contributed by atoms with Crippen molar-refractivity contribution < 1.29 is 4.57 Å². The first-order chi connectivity index (χ1) is 9.78. The highest BCUT2D eigenvalue weighted by molar-refractivity contribution is 7.80. The molecule has 0 amide bonds. The average Bonchev–Trinajstić information content (AvgIpc) is 2.93. The predicted octanol–water partition coefficient (Wildman–Crippen LogP) is 2.17. The Bertz CT molecular complexity index is 536. The Kier molecular flexibility index (Phi) is 5.55. The fraction of sp³-hybridized carbons (Fsp3) is 0.333. The van der Waals surface area contributed by atoms with Gasteiger partial charge in [-0.2, -0.15) is 0 Å². The fourth-order valence-corrected chi connectivity index (χ4v) is 2.14. The fourth-order valence-electron chi connectivity index (χ4n) is 1.92. The van der Waals surface area contributed by atoms with Crippen LogP contribution < -0.4 is 15.2 Å². The maximum Gasteiger partial charge on any atom is 0.243 e. The summed E-state index contributed by atoms with van der Waals surface area (Å²) in [6.07, 6.45) is 7.36. The summed E-state index contributed by atoms with van der Waals surface area (Å²) in [7, 11) is 0. The molecule has 0 aliphatic carbocycles. The van der Waals surface area contributed by atoms with Crippen LogP contribution in [0.2, 0.25) is 0 Å². The molecule has 1 aromatic carbocycles. The molecule has 106 valence electrons. The van der Waals surface area contributed by atoms with Crippen LogP contribution in [0.25, 0.3) is 0 Å². The molecule has 0 bridgehead atoms. The number of imidazole rings is 1. The van der Waals surface area contributed by atoms with E-state index in [1.807, 2.05) is 30.3 Å². The van der Waals surface area contributed by atoms with E-state index in [0.717, 1.165) is 31.7 Å². The molecule has 0 aliphatic heterocycles. The maximum atomic E-state index is 5.26. The van der Waals surface area contributed by atoms with Crippen LogP contribution in [0.5, 0.6) is 0 Å². The van der Waals surface area contributed by atoms with Crippen molar-refractivity contribution in [2.45, 2.75) is 26.4 Å². The Hall–Kier alpha value is -1.88. The lowest BCUT2D eigenvalue weighted by Gasteiger charge is -2.09. The molecule has 0 radical (unpaired) electrons. The molecule has 0 aliphatic rings. The van der Waals surface area contributed by atoms with E-state index in [0.29, 0.717) is 5.11 Å². The Morgan fingerprint density at radius 1 is 1.30 bits per heavy atom. The number of thiocarbonyl (C=S) groups is 1. The number of benzene rings is 1. The van der Waals surface area contributed by atoms with Gasteiger partial charge >= 0.3 is 0 Å². The molecular formula is C15H21N4S+.